The number of carbonyl (C=O) groups is 2. The van der Waals surface area contributed by atoms with E-state index in [1.54, 1.807) is 17.5 Å². The second-order valence-corrected chi connectivity index (χ2v) is 10.7. The largest absolute Gasteiger partial charge is 0.491 e. The highest BCUT2D eigenvalue weighted by Gasteiger charge is 2.29. The summed E-state index contributed by atoms with van der Waals surface area (Å²) >= 11 is 1.56. The topological polar surface area (TPSA) is 78.9 Å². The van der Waals surface area contributed by atoms with Crippen molar-refractivity contribution in [3.63, 3.8) is 0 Å². The number of thiazole rings is 1. The van der Waals surface area contributed by atoms with Gasteiger partial charge in [-0.3, -0.25) is 9.59 Å². The van der Waals surface area contributed by atoms with Crippen LogP contribution >= 0.6 is 11.3 Å². The van der Waals surface area contributed by atoms with E-state index in [1.165, 1.54) is 0 Å². The van der Waals surface area contributed by atoms with Gasteiger partial charge in [-0.2, -0.15) is 0 Å². The number of anilines is 1. The van der Waals surface area contributed by atoms with Crippen molar-refractivity contribution in [2.75, 3.05) is 44.2 Å². The average Bonchev–Trinajstić information content (AvgIpc) is 3.43. The first kappa shape index (κ1) is 25.2. The Morgan fingerprint density at radius 1 is 0.919 bits per heavy atom. The zero-order valence-electron chi connectivity index (χ0n) is 21.4. The van der Waals surface area contributed by atoms with Crippen molar-refractivity contribution in [3.05, 3.63) is 70.3 Å². The third kappa shape index (κ3) is 5.93. The van der Waals surface area contributed by atoms with E-state index in [2.05, 4.69) is 9.88 Å². The lowest BCUT2D eigenvalue weighted by Gasteiger charge is -2.35. The number of ether oxygens (including phenoxy) is 1. The molecule has 0 bridgehead atoms. The SMILES string of the molecule is CC(C)Oc1ccc(C(=O)N2CCC(c3nc(C(=O)N4CCN(c5ccccn5)CC4)cs3)CC2)cc1. The van der Waals surface area contributed by atoms with Crippen LogP contribution in [0.25, 0.3) is 0 Å². The van der Waals surface area contributed by atoms with Crippen LogP contribution in [0, 0.1) is 0 Å². The molecular formula is C28H33N5O3S. The standard InChI is InChI=1S/C28H33N5O3S/c1-20(2)36-23-8-6-22(7-9-23)27(34)32-13-10-21(11-14-32)26-30-24(19-37-26)28(35)33-17-15-31(16-18-33)25-5-3-4-12-29-25/h3-9,12,19-21H,10-11,13-18H2,1-2H3. The summed E-state index contributed by atoms with van der Waals surface area (Å²) in [5, 5.41) is 2.89. The van der Waals surface area contributed by atoms with Crippen molar-refractivity contribution in [2.24, 2.45) is 0 Å². The lowest BCUT2D eigenvalue weighted by molar-refractivity contribution is 0.0712. The Bertz CT molecular complexity index is 1200. The number of hydrogen-bond donors (Lipinski definition) is 0. The highest BCUT2D eigenvalue weighted by Crippen LogP contribution is 2.31. The summed E-state index contributed by atoms with van der Waals surface area (Å²) in [5.41, 5.74) is 1.22. The van der Waals surface area contributed by atoms with E-state index < -0.39 is 0 Å². The molecule has 37 heavy (non-hydrogen) atoms. The summed E-state index contributed by atoms with van der Waals surface area (Å²) in [6, 6.07) is 13.3. The first-order chi connectivity index (χ1) is 18.0. The van der Waals surface area contributed by atoms with Crippen LogP contribution in [0.2, 0.25) is 0 Å². The Kier molecular flexibility index (Phi) is 7.69. The van der Waals surface area contributed by atoms with Crippen molar-refractivity contribution in [3.8, 4) is 5.75 Å². The number of carbonyl (C=O) groups excluding carboxylic acids is 2. The van der Waals surface area contributed by atoms with Gasteiger partial charge in [0.15, 0.2) is 0 Å². The first-order valence-electron chi connectivity index (χ1n) is 12.9. The molecule has 0 spiro atoms. The second-order valence-electron chi connectivity index (χ2n) is 9.80. The number of amides is 2. The van der Waals surface area contributed by atoms with Crippen LogP contribution < -0.4 is 9.64 Å². The van der Waals surface area contributed by atoms with Gasteiger partial charge in [0.05, 0.1) is 11.1 Å². The van der Waals surface area contributed by atoms with Crippen LogP contribution in [0.5, 0.6) is 5.75 Å². The molecule has 0 aliphatic carbocycles. The molecule has 3 aromatic rings. The Labute approximate surface area is 221 Å². The van der Waals surface area contributed by atoms with Crippen molar-refractivity contribution in [1.82, 2.24) is 19.8 Å². The number of piperidine rings is 1. The summed E-state index contributed by atoms with van der Waals surface area (Å²) in [7, 11) is 0. The lowest BCUT2D eigenvalue weighted by atomic mass is 9.97. The predicted molar refractivity (Wildman–Crippen MR) is 145 cm³/mol. The molecule has 2 saturated heterocycles. The molecule has 0 N–H and O–H groups in total. The van der Waals surface area contributed by atoms with Gasteiger partial charge in [-0.25, -0.2) is 9.97 Å². The average molecular weight is 520 g/mol. The van der Waals surface area contributed by atoms with Crippen LogP contribution in [0.15, 0.2) is 54.0 Å². The normalized spacial score (nSPS) is 16.8. The van der Waals surface area contributed by atoms with Crippen molar-refractivity contribution >= 4 is 29.0 Å². The third-order valence-corrected chi connectivity index (χ3v) is 7.89. The highest BCUT2D eigenvalue weighted by atomic mass is 32.1. The summed E-state index contributed by atoms with van der Waals surface area (Å²) in [4.78, 5) is 41.2. The van der Waals surface area contributed by atoms with Crippen LogP contribution in [-0.4, -0.2) is 77.0 Å². The van der Waals surface area contributed by atoms with Gasteiger partial charge < -0.3 is 19.4 Å². The highest BCUT2D eigenvalue weighted by molar-refractivity contribution is 7.09. The minimum atomic E-state index is 0.000628. The molecule has 0 unspecified atom stereocenters. The van der Waals surface area contributed by atoms with Crippen molar-refractivity contribution in [2.45, 2.75) is 38.7 Å². The fourth-order valence-corrected chi connectivity index (χ4v) is 5.84. The van der Waals surface area contributed by atoms with Gasteiger partial charge in [-0.05, 0) is 63.1 Å². The molecular weight excluding hydrogens is 486 g/mol. The number of benzene rings is 1. The molecule has 2 aromatic heterocycles. The summed E-state index contributed by atoms with van der Waals surface area (Å²) in [5.74, 6) is 2.05. The number of rotatable bonds is 6. The number of pyridine rings is 1. The zero-order chi connectivity index (χ0) is 25.8. The van der Waals surface area contributed by atoms with E-state index in [4.69, 9.17) is 9.72 Å². The third-order valence-electron chi connectivity index (χ3n) is 6.89. The summed E-state index contributed by atoms with van der Waals surface area (Å²) in [6.45, 7) is 8.18. The van der Waals surface area contributed by atoms with Crippen molar-refractivity contribution in [1.29, 1.82) is 0 Å². The van der Waals surface area contributed by atoms with E-state index in [-0.39, 0.29) is 23.8 Å². The van der Waals surface area contributed by atoms with Gasteiger partial charge >= 0.3 is 0 Å². The molecule has 9 heteroatoms. The van der Waals surface area contributed by atoms with Crippen LogP contribution in [0.3, 0.4) is 0 Å². The van der Waals surface area contributed by atoms with E-state index in [9.17, 15) is 9.59 Å². The molecule has 5 rings (SSSR count). The Morgan fingerprint density at radius 3 is 2.27 bits per heavy atom. The van der Waals surface area contributed by atoms with Crippen LogP contribution in [0.4, 0.5) is 5.82 Å². The molecule has 2 fully saturated rings. The summed E-state index contributed by atoms with van der Waals surface area (Å²) in [6.07, 6.45) is 3.60. The van der Waals surface area contributed by atoms with E-state index in [0.29, 0.717) is 37.4 Å². The van der Waals surface area contributed by atoms with Gasteiger partial charge in [-0.1, -0.05) is 6.07 Å². The molecule has 194 valence electrons. The van der Waals surface area contributed by atoms with Gasteiger partial charge in [-0.15, -0.1) is 11.3 Å². The maximum atomic E-state index is 13.1. The first-order valence-corrected chi connectivity index (χ1v) is 13.8. The molecule has 0 saturated carbocycles. The lowest BCUT2D eigenvalue weighted by Crippen LogP contribution is -2.49. The maximum absolute atomic E-state index is 13.1. The summed E-state index contributed by atoms with van der Waals surface area (Å²) < 4.78 is 5.68. The fraction of sp³-hybridized carbons (Fsp3) is 0.429. The smallest absolute Gasteiger partial charge is 0.273 e. The van der Waals surface area contributed by atoms with Crippen molar-refractivity contribution < 1.29 is 14.3 Å². The van der Waals surface area contributed by atoms with E-state index in [1.807, 2.05) is 71.5 Å². The van der Waals surface area contributed by atoms with Crippen LogP contribution in [-0.2, 0) is 0 Å². The molecule has 8 nitrogen and oxygen atoms in total. The fourth-order valence-electron chi connectivity index (χ4n) is 4.88. The predicted octanol–water partition coefficient (Wildman–Crippen LogP) is 4.31. The van der Waals surface area contributed by atoms with E-state index in [0.717, 1.165) is 42.5 Å². The monoisotopic (exact) mass is 519 g/mol. The minimum Gasteiger partial charge on any atom is -0.491 e. The molecule has 2 amide bonds. The minimum absolute atomic E-state index is 0.000628. The zero-order valence-corrected chi connectivity index (χ0v) is 22.2. The molecule has 2 aliphatic rings. The molecule has 4 heterocycles. The van der Waals surface area contributed by atoms with Gasteiger partial charge in [0, 0.05) is 62.3 Å². The maximum Gasteiger partial charge on any atom is 0.273 e. The number of likely N-dealkylation sites (tertiary alicyclic amines) is 1. The number of hydrogen-bond acceptors (Lipinski definition) is 7. The number of aromatic nitrogens is 2. The second kappa shape index (κ2) is 11.3. The molecule has 2 aliphatic heterocycles. The molecule has 0 radical (unpaired) electrons. The van der Waals surface area contributed by atoms with Crippen LogP contribution in [0.1, 0.15) is 58.5 Å². The van der Waals surface area contributed by atoms with E-state index >= 15 is 0 Å². The number of piperazine rings is 1. The Hall–Kier alpha value is -3.46. The molecule has 1 aromatic carbocycles. The van der Waals surface area contributed by atoms with Gasteiger partial charge in [0.2, 0.25) is 0 Å². The Balaban J connectivity index is 1.12. The molecule has 0 atom stereocenters. The number of nitrogens with zero attached hydrogens (tertiary/aromatic N) is 5. The van der Waals surface area contributed by atoms with Gasteiger partial charge in [0.25, 0.3) is 11.8 Å². The quantitative estimate of drug-likeness (QED) is 0.483. The Morgan fingerprint density at radius 2 is 1.62 bits per heavy atom. The van der Waals surface area contributed by atoms with Gasteiger partial charge in [0.1, 0.15) is 17.3 Å².